The van der Waals surface area contributed by atoms with Crippen molar-refractivity contribution in [3.8, 4) is 11.4 Å². The first kappa shape index (κ1) is 13.4. The molecule has 0 aliphatic rings. The van der Waals surface area contributed by atoms with Gasteiger partial charge in [0, 0.05) is 23.9 Å². The minimum atomic E-state index is -0.444. The molecule has 108 valence electrons. The normalized spacial score (nSPS) is 12.5. The van der Waals surface area contributed by atoms with E-state index in [9.17, 15) is 4.39 Å². The SMILES string of the molecule is Cc1ccc(F)cc1-c1noc([C@@H](N)Cc2cnc[nH]2)n1. The molecular weight excluding hydrogens is 273 g/mol. The van der Waals surface area contributed by atoms with Gasteiger partial charge in [-0.05, 0) is 24.6 Å². The number of nitrogens with one attached hydrogen (secondary N) is 1. The van der Waals surface area contributed by atoms with Crippen LogP contribution in [0.4, 0.5) is 4.39 Å². The molecule has 3 aromatic rings. The lowest BCUT2D eigenvalue weighted by molar-refractivity contribution is 0.354. The Hall–Kier alpha value is -2.54. The van der Waals surface area contributed by atoms with Crippen LogP contribution in [0.3, 0.4) is 0 Å². The fraction of sp³-hybridized carbons (Fsp3) is 0.214. The molecular formula is C14H14FN5O. The Kier molecular flexibility index (Phi) is 3.49. The Balaban J connectivity index is 1.84. The van der Waals surface area contributed by atoms with Crippen LogP contribution in [0.1, 0.15) is 23.2 Å². The fourth-order valence-corrected chi connectivity index (χ4v) is 2.05. The number of aromatic nitrogens is 4. The smallest absolute Gasteiger partial charge is 0.244 e. The molecule has 7 heteroatoms. The van der Waals surface area contributed by atoms with Crippen molar-refractivity contribution < 1.29 is 8.91 Å². The molecule has 0 bridgehead atoms. The van der Waals surface area contributed by atoms with E-state index in [2.05, 4.69) is 20.1 Å². The predicted molar refractivity (Wildman–Crippen MR) is 73.6 cm³/mol. The summed E-state index contributed by atoms with van der Waals surface area (Å²) in [5.74, 6) is 0.300. The molecule has 0 saturated carbocycles. The quantitative estimate of drug-likeness (QED) is 0.766. The van der Waals surface area contributed by atoms with E-state index in [-0.39, 0.29) is 5.82 Å². The highest BCUT2D eigenvalue weighted by atomic mass is 19.1. The number of nitrogens with zero attached hydrogens (tertiary/aromatic N) is 3. The molecule has 3 N–H and O–H groups in total. The van der Waals surface area contributed by atoms with Crippen LogP contribution >= 0.6 is 0 Å². The van der Waals surface area contributed by atoms with Crippen molar-refractivity contribution in [2.45, 2.75) is 19.4 Å². The number of benzene rings is 1. The van der Waals surface area contributed by atoms with E-state index in [1.54, 1.807) is 18.6 Å². The van der Waals surface area contributed by atoms with Gasteiger partial charge in [0.25, 0.3) is 0 Å². The molecule has 0 spiro atoms. The van der Waals surface area contributed by atoms with Gasteiger partial charge in [0.15, 0.2) is 0 Å². The average Bonchev–Trinajstić information content (AvgIpc) is 3.12. The molecule has 2 heterocycles. The second-order valence-electron chi connectivity index (χ2n) is 4.80. The van der Waals surface area contributed by atoms with E-state index in [4.69, 9.17) is 10.3 Å². The summed E-state index contributed by atoms with van der Waals surface area (Å²) in [5.41, 5.74) is 8.37. The number of H-pyrrole nitrogens is 1. The summed E-state index contributed by atoms with van der Waals surface area (Å²) >= 11 is 0. The third-order valence-corrected chi connectivity index (χ3v) is 3.19. The summed E-state index contributed by atoms with van der Waals surface area (Å²) in [7, 11) is 0. The molecule has 0 radical (unpaired) electrons. The lowest BCUT2D eigenvalue weighted by Gasteiger charge is -2.03. The van der Waals surface area contributed by atoms with Gasteiger partial charge in [0.05, 0.1) is 12.4 Å². The van der Waals surface area contributed by atoms with E-state index in [0.717, 1.165) is 11.3 Å². The minimum Gasteiger partial charge on any atom is -0.348 e. The standard InChI is InChI=1S/C14H14FN5O/c1-8-2-3-9(15)4-11(8)13-19-14(21-20-13)12(16)5-10-6-17-7-18-10/h2-4,6-7,12H,5,16H2,1H3,(H,17,18)/t12-/m0/s1. The van der Waals surface area contributed by atoms with Crippen LogP contribution in [0, 0.1) is 12.7 Å². The molecule has 0 unspecified atom stereocenters. The summed E-state index contributed by atoms with van der Waals surface area (Å²) in [6.07, 6.45) is 3.77. The van der Waals surface area contributed by atoms with Crippen molar-refractivity contribution in [3.63, 3.8) is 0 Å². The van der Waals surface area contributed by atoms with Crippen LogP contribution in [0.2, 0.25) is 0 Å². The van der Waals surface area contributed by atoms with Crippen molar-refractivity contribution in [1.82, 2.24) is 20.1 Å². The van der Waals surface area contributed by atoms with Crippen molar-refractivity contribution in [2.24, 2.45) is 5.73 Å². The van der Waals surface area contributed by atoms with Gasteiger partial charge in [-0.25, -0.2) is 9.37 Å². The zero-order valence-electron chi connectivity index (χ0n) is 11.4. The molecule has 1 atom stereocenters. The van der Waals surface area contributed by atoms with Crippen molar-refractivity contribution in [2.75, 3.05) is 0 Å². The summed E-state index contributed by atoms with van der Waals surface area (Å²) in [5, 5.41) is 3.88. The van der Waals surface area contributed by atoms with Gasteiger partial charge in [-0.15, -0.1) is 0 Å². The number of aryl methyl sites for hydroxylation is 1. The molecule has 3 rings (SSSR count). The Labute approximate surface area is 120 Å². The van der Waals surface area contributed by atoms with Crippen LogP contribution in [-0.4, -0.2) is 20.1 Å². The van der Waals surface area contributed by atoms with E-state index < -0.39 is 6.04 Å². The predicted octanol–water partition coefficient (Wildman–Crippen LogP) is 2.15. The number of halogens is 1. The van der Waals surface area contributed by atoms with Crippen molar-refractivity contribution in [1.29, 1.82) is 0 Å². The van der Waals surface area contributed by atoms with Crippen LogP contribution in [0.25, 0.3) is 11.4 Å². The molecule has 1 aromatic carbocycles. The Bertz CT molecular complexity index is 738. The lowest BCUT2D eigenvalue weighted by atomic mass is 10.1. The van der Waals surface area contributed by atoms with Gasteiger partial charge in [-0.1, -0.05) is 11.2 Å². The maximum atomic E-state index is 13.3. The average molecular weight is 287 g/mol. The van der Waals surface area contributed by atoms with Gasteiger partial charge in [0.1, 0.15) is 5.82 Å². The maximum absolute atomic E-state index is 13.3. The van der Waals surface area contributed by atoms with Crippen LogP contribution in [0.5, 0.6) is 0 Å². The number of hydrogen-bond donors (Lipinski definition) is 2. The Morgan fingerprint density at radius 2 is 2.29 bits per heavy atom. The Morgan fingerprint density at radius 3 is 3.05 bits per heavy atom. The number of nitrogens with two attached hydrogens (primary N) is 1. The van der Waals surface area contributed by atoms with Crippen LogP contribution < -0.4 is 5.73 Å². The summed E-state index contributed by atoms with van der Waals surface area (Å²) in [4.78, 5) is 11.1. The van der Waals surface area contributed by atoms with Gasteiger partial charge < -0.3 is 15.2 Å². The zero-order chi connectivity index (χ0) is 14.8. The van der Waals surface area contributed by atoms with Gasteiger partial charge >= 0.3 is 0 Å². The maximum Gasteiger partial charge on any atom is 0.244 e. The van der Waals surface area contributed by atoms with E-state index in [1.165, 1.54) is 12.1 Å². The molecule has 6 nitrogen and oxygen atoms in total. The summed E-state index contributed by atoms with van der Waals surface area (Å²) < 4.78 is 18.5. The number of hydrogen-bond acceptors (Lipinski definition) is 5. The topological polar surface area (TPSA) is 93.6 Å². The number of aromatic amines is 1. The first-order valence-electron chi connectivity index (χ1n) is 6.46. The molecule has 2 aromatic heterocycles. The van der Waals surface area contributed by atoms with E-state index >= 15 is 0 Å². The first-order chi connectivity index (χ1) is 10.1. The molecule has 21 heavy (non-hydrogen) atoms. The summed E-state index contributed by atoms with van der Waals surface area (Å²) in [6, 6.07) is 4.00. The van der Waals surface area contributed by atoms with Crippen LogP contribution in [0.15, 0.2) is 35.2 Å². The zero-order valence-corrected chi connectivity index (χ0v) is 11.4. The molecule has 0 aliphatic carbocycles. The van der Waals surface area contributed by atoms with E-state index in [1.807, 2.05) is 6.92 Å². The summed E-state index contributed by atoms with van der Waals surface area (Å²) in [6.45, 7) is 1.86. The number of imidazole rings is 1. The van der Waals surface area contributed by atoms with Gasteiger partial charge in [0.2, 0.25) is 11.7 Å². The van der Waals surface area contributed by atoms with Crippen molar-refractivity contribution >= 4 is 0 Å². The highest BCUT2D eigenvalue weighted by Gasteiger charge is 2.18. The highest BCUT2D eigenvalue weighted by molar-refractivity contribution is 5.59. The second-order valence-corrected chi connectivity index (χ2v) is 4.80. The van der Waals surface area contributed by atoms with E-state index in [0.29, 0.717) is 23.7 Å². The molecule has 0 aliphatic heterocycles. The molecule has 0 fully saturated rings. The monoisotopic (exact) mass is 287 g/mol. The van der Waals surface area contributed by atoms with Gasteiger partial charge in [-0.2, -0.15) is 4.98 Å². The fourth-order valence-electron chi connectivity index (χ4n) is 2.05. The second kappa shape index (κ2) is 5.45. The first-order valence-corrected chi connectivity index (χ1v) is 6.46. The van der Waals surface area contributed by atoms with Crippen molar-refractivity contribution in [3.05, 3.63) is 53.7 Å². The lowest BCUT2D eigenvalue weighted by Crippen LogP contribution is -2.14. The van der Waals surface area contributed by atoms with Crippen LogP contribution in [-0.2, 0) is 6.42 Å². The third kappa shape index (κ3) is 2.82. The number of rotatable bonds is 4. The minimum absolute atomic E-state index is 0.309. The molecule has 0 saturated heterocycles. The largest absolute Gasteiger partial charge is 0.348 e. The Morgan fingerprint density at radius 1 is 1.43 bits per heavy atom. The van der Waals surface area contributed by atoms with Gasteiger partial charge in [-0.3, -0.25) is 0 Å². The molecule has 0 amide bonds. The third-order valence-electron chi connectivity index (χ3n) is 3.19. The highest BCUT2D eigenvalue weighted by Crippen LogP contribution is 2.23.